The zero-order valence-electron chi connectivity index (χ0n) is 9.95. The predicted molar refractivity (Wildman–Crippen MR) is 59.7 cm³/mol. The summed E-state index contributed by atoms with van der Waals surface area (Å²) in [6.07, 6.45) is 1.58. The summed E-state index contributed by atoms with van der Waals surface area (Å²) in [5.41, 5.74) is 0. The van der Waals surface area contributed by atoms with Crippen LogP contribution in [0.1, 0.15) is 26.7 Å². The molecule has 1 fully saturated rings. The van der Waals surface area contributed by atoms with Crippen molar-refractivity contribution in [2.24, 2.45) is 0 Å². The number of piperazine rings is 1. The number of nitrogens with one attached hydrogen (secondary N) is 1. The van der Waals surface area contributed by atoms with Gasteiger partial charge < -0.3 is 15.0 Å². The highest BCUT2D eigenvalue weighted by molar-refractivity contribution is 5.76. The maximum atomic E-state index is 11.9. The molecule has 4 heteroatoms. The van der Waals surface area contributed by atoms with Crippen molar-refractivity contribution in [3.8, 4) is 0 Å². The van der Waals surface area contributed by atoms with Crippen molar-refractivity contribution in [3.05, 3.63) is 0 Å². The van der Waals surface area contributed by atoms with Crippen molar-refractivity contribution in [2.45, 2.75) is 38.8 Å². The number of carbonyl (C=O) groups is 1. The van der Waals surface area contributed by atoms with Crippen LogP contribution in [0, 0.1) is 0 Å². The molecule has 0 aliphatic carbocycles. The molecule has 0 aromatic rings. The molecule has 0 aromatic carbocycles. The topological polar surface area (TPSA) is 41.6 Å². The largest absolute Gasteiger partial charge is 0.382 e. The third-order valence-corrected chi connectivity index (χ3v) is 2.99. The van der Waals surface area contributed by atoms with Gasteiger partial charge in [-0.05, 0) is 20.3 Å². The SMILES string of the molecule is COC(C)CCC(=O)N1CCNC[C@H]1C. The number of hydrogen-bond donors (Lipinski definition) is 1. The fraction of sp³-hybridized carbons (Fsp3) is 0.909. The van der Waals surface area contributed by atoms with Gasteiger partial charge in [0.25, 0.3) is 0 Å². The quantitative estimate of drug-likeness (QED) is 0.746. The predicted octanol–water partition coefficient (Wildman–Crippen LogP) is 0.622. The minimum absolute atomic E-state index is 0.173. The summed E-state index contributed by atoms with van der Waals surface area (Å²) in [6, 6.07) is 0.323. The Balaban J connectivity index is 2.32. The highest BCUT2D eigenvalue weighted by Crippen LogP contribution is 2.08. The maximum Gasteiger partial charge on any atom is 0.222 e. The standard InChI is InChI=1S/C11H22N2O2/c1-9-8-12-6-7-13(9)11(14)5-4-10(2)15-3/h9-10,12H,4-8H2,1-3H3/t9-,10?/m1/s1. The molecule has 1 saturated heterocycles. The van der Waals surface area contributed by atoms with Gasteiger partial charge in [0.2, 0.25) is 5.91 Å². The molecule has 0 radical (unpaired) electrons. The van der Waals surface area contributed by atoms with Crippen molar-refractivity contribution < 1.29 is 9.53 Å². The van der Waals surface area contributed by atoms with E-state index in [0.717, 1.165) is 26.1 Å². The van der Waals surface area contributed by atoms with Crippen molar-refractivity contribution in [1.29, 1.82) is 0 Å². The number of nitrogens with zero attached hydrogens (tertiary/aromatic N) is 1. The Hall–Kier alpha value is -0.610. The molecule has 88 valence electrons. The van der Waals surface area contributed by atoms with Gasteiger partial charge >= 0.3 is 0 Å². The number of hydrogen-bond acceptors (Lipinski definition) is 3. The van der Waals surface area contributed by atoms with E-state index in [0.29, 0.717) is 12.5 Å². The molecule has 4 nitrogen and oxygen atoms in total. The van der Waals surface area contributed by atoms with E-state index in [-0.39, 0.29) is 12.0 Å². The van der Waals surface area contributed by atoms with E-state index in [4.69, 9.17) is 4.74 Å². The first kappa shape index (κ1) is 12.5. The Morgan fingerprint density at radius 1 is 1.67 bits per heavy atom. The second-order valence-electron chi connectivity index (χ2n) is 4.23. The van der Waals surface area contributed by atoms with Gasteiger partial charge in [-0.1, -0.05) is 0 Å². The van der Waals surface area contributed by atoms with E-state index in [9.17, 15) is 4.79 Å². The summed E-state index contributed by atoms with van der Waals surface area (Å²) in [4.78, 5) is 13.8. The van der Waals surface area contributed by atoms with E-state index in [1.54, 1.807) is 7.11 Å². The number of rotatable bonds is 4. The van der Waals surface area contributed by atoms with Gasteiger partial charge in [0, 0.05) is 39.2 Å². The summed E-state index contributed by atoms with van der Waals surface area (Å²) in [5.74, 6) is 0.257. The Bertz CT molecular complexity index is 209. The Labute approximate surface area is 92.0 Å². The molecule has 0 saturated carbocycles. The van der Waals surface area contributed by atoms with E-state index in [1.165, 1.54) is 0 Å². The first-order valence-corrected chi connectivity index (χ1v) is 5.68. The lowest BCUT2D eigenvalue weighted by Gasteiger charge is -2.34. The van der Waals surface area contributed by atoms with Crippen LogP contribution in [0.3, 0.4) is 0 Å². The Morgan fingerprint density at radius 3 is 3.00 bits per heavy atom. The average molecular weight is 214 g/mol. The molecule has 0 aromatic heterocycles. The molecule has 1 aliphatic heterocycles. The van der Waals surface area contributed by atoms with E-state index >= 15 is 0 Å². The smallest absolute Gasteiger partial charge is 0.222 e. The number of carbonyl (C=O) groups excluding carboxylic acids is 1. The zero-order valence-corrected chi connectivity index (χ0v) is 9.95. The van der Waals surface area contributed by atoms with Gasteiger partial charge in [0.1, 0.15) is 0 Å². The Kier molecular flexibility index (Phi) is 5.05. The molecule has 1 N–H and O–H groups in total. The van der Waals surface area contributed by atoms with Gasteiger partial charge in [-0.3, -0.25) is 4.79 Å². The number of amides is 1. The summed E-state index contributed by atoms with van der Waals surface area (Å²) < 4.78 is 5.13. The van der Waals surface area contributed by atoms with Crippen LogP contribution in [0.15, 0.2) is 0 Å². The van der Waals surface area contributed by atoms with Crippen molar-refractivity contribution in [1.82, 2.24) is 10.2 Å². The molecule has 0 bridgehead atoms. The van der Waals surface area contributed by atoms with Crippen LogP contribution in [-0.2, 0) is 9.53 Å². The molecule has 1 aliphatic rings. The van der Waals surface area contributed by atoms with E-state index in [2.05, 4.69) is 12.2 Å². The third-order valence-electron chi connectivity index (χ3n) is 2.99. The minimum atomic E-state index is 0.173. The van der Waals surface area contributed by atoms with Crippen molar-refractivity contribution in [2.75, 3.05) is 26.7 Å². The van der Waals surface area contributed by atoms with Crippen LogP contribution < -0.4 is 5.32 Å². The van der Waals surface area contributed by atoms with Crippen LogP contribution in [0.25, 0.3) is 0 Å². The second-order valence-corrected chi connectivity index (χ2v) is 4.23. The summed E-state index contributed by atoms with van der Waals surface area (Å²) in [6.45, 7) is 6.74. The summed E-state index contributed by atoms with van der Waals surface area (Å²) in [7, 11) is 1.68. The van der Waals surface area contributed by atoms with Gasteiger partial charge in [-0.2, -0.15) is 0 Å². The average Bonchev–Trinajstić information content (AvgIpc) is 2.26. The molecule has 1 amide bonds. The molecular formula is C11H22N2O2. The second kappa shape index (κ2) is 6.08. The van der Waals surface area contributed by atoms with Crippen molar-refractivity contribution in [3.63, 3.8) is 0 Å². The highest BCUT2D eigenvalue weighted by atomic mass is 16.5. The molecule has 0 spiro atoms. The normalized spacial score (nSPS) is 23.9. The maximum absolute atomic E-state index is 11.9. The first-order valence-electron chi connectivity index (χ1n) is 5.68. The Morgan fingerprint density at radius 2 is 2.40 bits per heavy atom. The molecule has 1 heterocycles. The van der Waals surface area contributed by atoms with Crippen LogP contribution in [0.5, 0.6) is 0 Å². The van der Waals surface area contributed by atoms with Crippen LogP contribution in [-0.4, -0.2) is 49.7 Å². The molecule has 1 rings (SSSR count). The summed E-state index contributed by atoms with van der Waals surface area (Å²) >= 11 is 0. The van der Waals surface area contributed by atoms with Crippen LogP contribution >= 0.6 is 0 Å². The van der Waals surface area contributed by atoms with Gasteiger partial charge in [-0.25, -0.2) is 0 Å². The van der Waals surface area contributed by atoms with E-state index < -0.39 is 0 Å². The minimum Gasteiger partial charge on any atom is -0.382 e. The fourth-order valence-electron chi connectivity index (χ4n) is 1.80. The number of ether oxygens (including phenoxy) is 1. The van der Waals surface area contributed by atoms with Gasteiger partial charge in [0.05, 0.1) is 6.10 Å². The summed E-state index contributed by atoms with van der Waals surface area (Å²) in [5, 5.41) is 3.28. The lowest BCUT2D eigenvalue weighted by molar-refractivity contribution is -0.134. The monoisotopic (exact) mass is 214 g/mol. The number of methoxy groups -OCH3 is 1. The lowest BCUT2D eigenvalue weighted by Crippen LogP contribution is -2.52. The van der Waals surface area contributed by atoms with Crippen LogP contribution in [0.2, 0.25) is 0 Å². The molecule has 15 heavy (non-hydrogen) atoms. The van der Waals surface area contributed by atoms with Gasteiger partial charge in [0.15, 0.2) is 0 Å². The third kappa shape index (κ3) is 3.80. The zero-order chi connectivity index (χ0) is 11.3. The molecule has 2 atom stereocenters. The van der Waals surface area contributed by atoms with Crippen LogP contribution in [0.4, 0.5) is 0 Å². The lowest BCUT2D eigenvalue weighted by atomic mass is 10.1. The van der Waals surface area contributed by atoms with Crippen molar-refractivity contribution >= 4 is 5.91 Å². The fourth-order valence-corrected chi connectivity index (χ4v) is 1.80. The molecule has 1 unspecified atom stereocenters. The van der Waals surface area contributed by atoms with Gasteiger partial charge in [-0.15, -0.1) is 0 Å². The highest BCUT2D eigenvalue weighted by Gasteiger charge is 2.22. The first-order chi connectivity index (χ1) is 7.15. The van der Waals surface area contributed by atoms with E-state index in [1.807, 2.05) is 11.8 Å². The molecular weight excluding hydrogens is 192 g/mol.